The van der Waals surface area contributed by atoms with Gasteiger partial charge in [0, 0.05) is 67.2 Å². The van der Waals surface area contributed by atoms with E-state index in [2.05, 4.69) is 9.88 Å². The SMILES string of the molecule is COc1cccc(F)c1CN1C[C@H](CC(=O)c2ccc3c(c2)C(c2ccncc2)=NC3)CCC1C(=O)N1CCCCC1. The zero-order valence-electron chi connectivity index (χ0n) is 24.1. The number of methoxy groups -OCH3 is 1. The Kier molecular flexibility index (Phi) is 8.42. The molecule has 6 rings (SSSR count). The van der Waals surface area contributed by atoms with E-state index in [4.69, 9.17) is 9.73 Å². The van der Waals surface area contributed by atoms with E-state index in [9.17, 15) is 14.0 Å². The molecule has 218 valence electrons. The summed E-state index contributed by atoms with van der Waals surface area (Å²) in [6.45, 7) is 2.96. The molecule has 0 saturated carbocycles. The quantitative estimate of drug-likeness (QED) is 0.338. The van der Waals surface area contributed by atoms with E-state index in [1.54, 1.807) is 24.5 Å². The van der Waals surface area contributed by atoms with Crippen LogP contribution in [0.4, 0.5) is 4.39 Å². The molecule has 2 atom stereocenters. The number of fused-ring (bicyclic) bond motifs is 1. The number of amides is 1. The molecule has 3 aliphatic heterocycles. The number of aliphatic imine (C=N–C) groups is 1. The summed E-state index contributed by atoms with van der Waals surface area (Å²) in [5.74, 6) is 0.385. The lowest BCUT2D eigenvalue weighted by molar-refractivity contribution is -0.140. The lowest BCUT2D eigenvalue weighted by Crippen LogP contribution is -2.53. The maximum Gasteiger partial charge on any atom is 0.239 e. The molecular weight excluding hydrogens is 531 g/mol. The molecule has 8 heteroatoms. The number of nitrogens with zero attached hydrogens (tertiary/aromatic N) is 4. The summed E-state index contributed by atoms with van der Waals surface area (Å²) in [6, 6.07) is 14.2. The van der Waals surface area contributed by atoms with Crippen molar-refractivity contribution in [2.24, 2.45) is 10.9 Å². The first-order valence-electron chi connectivity index (χ1n) is 15.0. The second-order valence-corrected chi connectivity index (χ2v) is 11.6. The molecule has 0 aliphatic carbocycles. The third-order valence-electron chi connectivity index (χ3n) is 8.91. The smallest absolute Gasteiger partial charge is 0.239 e. The number of hydrogen-bond donors (Lipinski definition) is 0. The van der Waals surface area contributed by atoms with Crippen LogP contribution in [0.3, 0.4) is 0 Å². The molecule has 0 N–H and O–H groups in total. The van der Waals surface area contributed by atoms with Crippen LogP contribution < -0.4 is 4.74 Å². The zero-order chi connectivity index (χ0) is 29.1. The van der Waals surface area contributed by atoms with Gasteiger partial charge in [-0.25, -0.2) is 4.39 Å². The Morgan fingerprint density at radius 1 is 1.02 bits per heavy atom. The molecule has 0 bridgehead atoms. The summed E-state index contributed by atoms with van der Waals surface area (Å²) >= 11 is 0. The Hall–Kier alpha value is -3.91. The fourth-order valence-corrected chi connectivity index (χ4v) is 6.65. The van der Waals surface area contributed by atoms with Gasteiger partial charge in [0.05, 0.1) is 25.4 Å². The van der Waals surface area contributed by atoms with Gasteiger partial charge in [0.1, 0.15) is 11.6 Å². The first kappa shape index (κ1) is 28.2. The Balaban J connectivity index is 1.20. The van der Waals surface area contributed by atoms with Crippen molar-refractivity contribution in [3.8, 4) is 5.75 Å². The number of benzene rings is 2. The minimum Gasteiger partial charge on any atom is -0.496 e. The topological polar surface area (TPSA) is 75.1 Å². The number of hydrogen-bond acceptors (Lipinski definition) is 6. The maximum absolute atomic E-state index is 15.0. The number of pyridine rings is 1. The van der Waals surface area contributed by atoms with Crippen LogP contribution in [-0.4, -0.2) is 65.0 Å². The molecule has 1 aromatic heterocycles. The average Bonchev–Trinajstić information content (AvgIpc) is 3.46. The molecule has 2 aromatic carbocycles. The van der Waals surface area contributed by atoms with Gasteiger partial charge in [-0.15, -0.1) is 0 Å². The van der Waals surface area contributed by atoms with Crippen molar-refractivity contribution in [1.29, 1.82) is 0 Å². The van der Waals surface area contributed by atoms with Gasteiger partial charge in [0.25, 0.3) is 0 Å². The average molecular weight is 569 g/mol. The van der Waals surface area contributed by atoms with Gasteiger partial charge in [0.15, 0.2) is 5.78 Å². The maximum atomic E-state index is 15.0. The lowest BCUT2D eigenvalue weighted by atomic mass is 9.86. The highest BCUT2D eigenvalue weighted by Crippen LogP contribution is 2.32. The second kappa shape index (κ2) is 12.5. The summed E-state index contributed by atoms with van der Waals surface area (Å²) in [6.07, 6.45) is 8.47. The molecule has 7 nitrogen and oxygen atoms in total. The highest BCUT2D eigenvalue weighted by Gasteiger charge is 2.37. The van der Waals surface area contributed by atoms with E-state index in [0.29, 0.717) is 42.8 Å². The number of carbonyl (C=O) groups is 2. The summed E-state index contributed by atoms with van der Waals surface area (Å²) in [4.78, 5) is 40.2. The summed E-state index contributed by atoms with van der Waals surface area (Å²) in [7, 11) is 1.54. The number of likely N-dealkylation sites (tertiary alicyclic amines) is 2. The van der Waals surface area contributed by atoms with Crippen LogP contribution in [0.25, 0.3) is 0 Å². The zero-order valence-corrected chi connectivity index (χ0v) is 24.1. The molecule has 2 fully saturated rings. The monoisotopic (exact) mass is 568 g/mol. The molecule has 3 aliphatic rings. The third kappa shape index (κ3) is 5.86. The molecule has 2 saturated heterocycles. The van der Waals surface area contributed by atoms with E-state index in [0.717, 1.165) is 61.2 Å². The predicted molar refractivity (Wildman–Crippen MR) is 159 cm³/mol. The highest BCUT2D eigenvalue weighted by molar-refractivity contribution is 6.16. The molecular formula is C34H37FN4O3. The molecule has 4 heterocycles. The minimum absolute atomic E-state index is 0.0577. The fraction of sp³-hybridized carbons (Fsp3) is 0.412. The van der Waals surface area contributed by atoms with E-state index < -0.39 is 0 Å². The lowest BCUT2D eigenvalue weighted by Gasteiger charge is -2.41. The van der Waals surface area contributed by atoms with Crippen molar-refractivity contribution in [3.05, 3.63) is 94.6 Å². The molecule has 0 spiro atoms. The van der Waals surface area contributed by atoms with Crippen LogP contribution in [0.15, 0.2) is 65.9 Å². The summed E-state index contributed by atoms with van der Waals surface area (Å²) in [5.41, 5.74) is 5.11. The second-order valence-electron chi connectivity index (χ2n) is 11.6. The van der Waals surface area contributed by atoms with Crippen molar-refractivity contribution in [1.82, 2.24) is 14.8 Å². The molecule has 42 heavy (non-hydrogen) atoms. The molecule has 3 aromatic rings. The van der Waals surface area contributed by atoms with Crippen molar-refractivity contribution in [3.63, 3.8) is 0 Å². The first-order valence-corrected chi connectivity index (χ1v) is 15.0. The van der Waals surface area contributed by atoms with Crippen LogP contribution >= 0.6 is 0 Å². The van der Waals surface area contributed by atoms with Gasteiger partial charge < -0.3 is 9.64 Å². The van der Waals surface area contributed by atoms with Gasteiger partial charge in [-0.2, -0.15) is 0 Å². The van der Waals surface area contributed by atoms with Crippen molar-refractivity contribution in [2.75, 3.05) is 26.7 Å². The van der Waals surface area contributed by atoms with Gasteiger partial charge in [0.2, 0.25) is 5.91 Å². The predicted octanol–water partition coefficient (Wildman–Crippen LogP) is 5.45. The third-order valence-corrected chi connectivity index (χ3v) is 8.91. The molecule has 0 radical (unpaired) electrons. The standard InChI is InChI=1S/C34H37FN4O3/c1-42-32-7-5-6-29(35)28(32)22-39-21-23(8-11-30(39)34(41)38-16-3-2-4-17-38)18-31(40)25-9-10-26-20-37-33(27(26)19-25)24-12-14-36-15-13-24/h5-7,9-10,12-15,19,23,30H,2-4,8,11,16-18,20-22H2,1H3/t23-,30?/m0/s1. The normalized spacial score (nSPS) is 20.6. The van der Waals surface area contributed by atoms with E-state index in [-0.39, 0.29) is 36.0 Å². The Labute approximate surface area is 246 Å². The summed E-state index contributed by atoms with van der Waals surface area (Å²) < 4.78 is 20.5. The minimum atomic E-state index is -0.346. The van der Waals surface area contributed by atoms with Crippen LogP contribution in [0.2, 0.25) is 0 Å². The van der Waals surface area contributed by atoms with Crippen molar-refractivity contribution >= 4 is 17.4 Å². The number of carbonyl (C=O) groups excluding carboxylic acids is 2. The number of ketones is 1. The largest absolute Gasteiger partial charge is 0.496 e. The number of halogens is 1. The number of rotatable bonds is 8. The fourth-order valence-electron chi connectivity index (χ4n) is 6.65. The van der Waals surface area contributed by atoms with Crippen LogP contribution in [0.5, 0.6) is 5.75 Å². The first-order chi connectivity index (χ1) is 20.5. The van der Waals surface area contributed by atoms with Gasteiger partial charge in [-0.3, -0.25) is 24.5 Å². The highest BCUT2D eigenvalue weighted by atomic mass is 19.1. The number of Topliss-reactive ketones (excluding diaryl/α,β-unsaturated/α-hetero) is 1. The van der Waals surface area contributed by atoms with Crippen LogP contribution in [0, 0.1) is 11.7 Å². The van der Waals surface area contributed by atoms with Crippen molar-refractivity contribution < 1.29 is 18.7 Å². The van der Waals surface area contributed by atoms with Gasteiger partial charge >= 0.3 is 0 Å². The molecule has 1 amide bonds. The number of aromatic nitrogens is 1. The van der Waals surface area contributed by atoms with E-state index >= 15 is 0 Å². The van der Waals surface area contributed by atoms with Crippen LogP contribution in [-0.2, 0) is 17.9 Å². The number of ether oxygens (including phenoxy) is 1. The Morgan fingerprint density at radius 3 is 2.62 bits per heavy atom. The van der Waals surface area contributed by atoms with E-state index in [1.165, 1.54) is 13.2 Å². The van der Waals surface area contributed by atoms with E-state index in [1.807, 2.05) is 35.2 Å². The van der Waals surface area contributed by atoms with Crippen LogP contribution in [0.1, 0.15) is 71.1 Å². The summed E-state index contributed by atoms with van der Waals surface area (Å²) in [5, 5.41) is 0. The molecule has 1 unspecified atom stereocenters. The van der Waals surface area contributed by atoms with Crippen molar-refractivity contribution in [2.45, 2.75) is 57.7 Å². The Bertz CT molecular complexity index is 1490. The van der Waals surface area contributed by atoms with Gasteiger partial charge in [-0.05, 0) is 73.9 Å². The van der Waals surface area contributed by atoms with Gasteiger partial charge in [-0.1, -0.05) is 18.2 Å². The Morgan fingerprint density at radius 2 is 1.83 bits per heavy atom. The number of piperidine rings is 2.